The van der Waals surface area contributed by atoms with Crippen molar-refractivity contribution in [1.29, 1.82) is 0 Å². The fraction of sp³-hybridized carbons (Fsp3) is 0.200. The molecule has 0 aliphatic heterocycles. The number of hydrogen-bond acceptors (Lipinski definition) is 4. The first-order valence-electron chi connectivity index (χ1n) is 8.96. The van der Waals surface area contributed by atoms with Gasteiger partial charge < -0.3 is 9.47 Å². The van der Waals surface area contributed by atoms with Crippen LogP contribution >= 0.6 is 15.9 Å². The molecule has 0 bridgehead atoms. The maximum absolute atomic E-state index is 12.9. The molecule has 0 aliphatic carbocycles. The van der Waals surface area contributed by atoms with Gasteiger partial charge in [-0.3, -0.25) is 14.2 Å². The van der Waals surface area contributed by atoms with Gasteiger partial charge in [-0.05, 0) is 35.9 Å². The number of rotatable bonds is 7. The molecule has 156 valence electrons. The highest BCUT2D eigenvalue weighted by atomic mass is 79.9. The molecule has 4 rings (SSSR count). The SMILES string of the molecule is Cn1c(=O)c2ccc(Br)cc2n1Cc1cc(COc2ccn[nH]2)ccc1OC(F)F. The molecule has 30 heavy (non-hydrogen) atoms. The number of alkyl halides is 2. The van der Waals surface area contributed by atoms with Gasteiger partial charge in [0.15, 0.2) is 0 Å². The van der Waals surface area contributed by atoms with Crippen LogP contribution in [0.25, 0.3) is 10.9 Å². The number of nitrogens with one attached hydrogen (secondary N) is 1. The van der Waals surface area contributed by atoms with Crippen LogP contribution in [0.1, 0.15) is 11.1 Å². The number of nitrogens with zero attached hydrogens (tertiary/aromatic N) is 3. The molecule has 0 fully saturated rings. The summed E-state index contributed by atoms with van der Waals surface area (Å²) in [4.78, 5) is 12.6. The average molecular weight is 479 g/mol. The number of halogens is 3. The van der Waals surface area contributed by atoms with Gasteiger partial charge in [0.2, 0.25) is 5.88 Å². The van der Waals surface area contributed by atoms with Crippen molar-refractivity contribution in [3.05, 3.63) is 74.6 Å². The van der Waals surface area contributed by atoms with Crippen molar-refractivity contribution in [1.82, 2.24) is 19.6 Å². The van der Waals surface area contributed by atoms with Crippen LogP contribution in [0, 0.1) is 0 Å². The van der Waals surface area contributed by atoms with Gasteiger partial charge in [-0.2, -0.15) is 13.9 Å². The highest BCUT2D eigenvalue weighted by Crippen LogP contribution is 2.26. The Hall–Kier alpha value is -3.14. The third-order valence-electron chi connectivity index (χ3n) is 4.65. The molecule has 0 spiro atoms. The van der Waals surface area contributed by atoms with Gasteiger partial charge in [0.1, 0.15) is 12.4 Å². The summed E-state index contributed by atoms with van der Waals surface area (Å²) in [6, 6.07) is 11.9. The van der Waals surface area contributed by atoms with E-state index in [2.05, 4.69) is 26.1 Å². The smallest absolute Gasteiger partial charge is 0.387 e. The van der Waals surface area contributed by atoms with E-state index in [1.54, 1.807) is 48.3 Å². The Morgan fingerprint density at radius 1 is 1.20 bits per heavy atom. The van der Waals surface area contributed by atoms with E-state index in [1.807, 2.05) is 6.07 Å². The van der Waals surface area contributed by atoms with Gasteiger partial charge in [-0.15, -0.1) is 0 Å². The number of aromatic nitrogens is 4. The van der Waals surface area contributed by atoms with Crippen LogP contribution in [0.5, 0.6) is 11.6 Å². The molecule has 1 N–H and O–H groups in total. The molecule has 0 saturated heterocycles. The predicted molar refractivity (Wildman–Crippen MR) is 110 cm³/mol. The highest BCUT2D eigenvalue weighted by molar-refractivity contribution is 9.10. The van der Waals surface area contributed by atoms with Crippen molar-refractivity contribution in [2.24, 2.45) is 7.05 Å². The normalized spacial score (nSPS) is 11.4. The number of benzene rings is 2. The summed E-state index contributed by atoms with van der Waals surface area (Å²) in [6.07, 6.45) is 1.57. The largest absolute Gasteiger partial charge is 0.473 e. The molecule has 0 atom stereocenters. The van der Waals surface area contributed by atoms with E-state index in [-0.39, 0.29) is 24.5 Å². The fourth-order valence-electron chi connectivity index (χ4n) is 3.24. The number of fused-ring (bicyclic) bond motifs is 1. The van der Waals surface area contributed by atoms with Crippen molar-refractivity contribution in [3.8, 4) is 11.6 Å². The lowest BCUT2D eigenvalue weighted by Crippen LogP contribution is -2.20. The lowest BCUT2D eigenvalue weighted by molar-refractivity contribution is -0.0505. The van der Waals surface area contributed by atoms with Crippen molar-refractivity contribution < 1.29 is 18.3 Å². The van der Waals surface area contributed by atoms with Crippen molar-refractivity contribution in [2.75, 3.05) is 0 Å². The Morgan fingerprint density at radius 3 is 2.77 bits per heavy atom. The third-order valence-corrected chi connectivity index (χ3v) is 5.15. The van der Waals surface area contributed by atoms with E-state index in [0.717, 1.165) is 10.0 Å². The van der Waals surface area contributed by atoms with Crippen LogP contribution in [0.4, 0.5) is 8.78 Å². The van der Waals surface area contributed by atoms with E-state index < -0.39 is 6.61 Å². The van der Waals surface area contributed by atoms with E-state index in [1.165, 1.54) is 10.7 Å². The summed E-state index contributed by atoms with van der Waals surface area (Å²) in [5.41, 5.74) is 1.75. The zero-order valence-electron chi connectivity index (χ0n) is 15.8. The second-order valence-corrected chi connectivity index (χ2v) is 7.49. The van der Waals surface area contributed by atoms with Crippen molar-refractivity contribution >= 4 is 26.8 Å². The van der Waals surface area contributed by atoms with Crippen LogP contribution in [0.15, 0.2) is 57.9 Å². The Kier molecular flexibility index (Phi) is 5.58. The molecular formula is C20H17BrF2N4O3. The standard InChI is InChI=1S/C20H17BrF2N4O3/c1-26-19(28)15-4-3-14(21)9-16(15)27(26)10-13-8-12(2-5-17(13)30-20(22)23)11-29-18-6-7-24-25-18/h2-9,20H,10-11H2,1H3,(H,24,25). The minimum Gasteiger partial charge on any atom is -0.473 e. The van der Waals surface area contributed by atoms with Gasteiger partial charge in [0.25, 0.3) is 5.56 Å². The van der Waals surface area contributed by atoms with Gasteiger partial charge >= 0.3 is 6.61 Å². The van der Waals surface area contributed by atoms with Crippen LogP contribution < -0.4 is 15.0 Å². The number of H-pyrrole nitrogens is 1. The minimum atomic E-state index is -2.96. The highest BCUT2D eigenvalue weighted by Gasteiger charge is 2.16. The quantitative estimate of drug-likeness (QED) is 0.434. The predicted octanol–water partition coefficient (Wildman–Crippen LogP) is 4.05. The van der Waals surface area contributed by atoms with Gasteiger partial charge in [0.05, 0.1) is 23.6 Å². The number of aromatic amines is 1. The molecule has 0 amide bonds. The second-order valence-electron chi connectivity index (χ2n) is 6.58. The molecule has 2 heterocycles. The summed E-state index contributed by atoms with van der Waals surface area (Å²) in [6.45, 7) is -2.60. The number of ether oxygens (including phenoxy) is 2. The van der Waals surface area contributed by atoms with E-state index in [4.69, 9.17) is 9.47 Å². The number of hydrogen-bond donors (Lipinski definition) is 1. The fourth-order valence-corrected chi connectivity index (χ4v) is 3.59. The Labute approximate surface area is 177 Å². The molecule has 2 aromatic heterocycles. The van der Waals surface area contributed by atoms with Crippen LogP contribution in [0.3, 0.4) is 0 Å². The van der Waals surface area contributed by atoms with E-state index in [0.29, 0.717) is 22.3 Å². The maximum Gasteiger partial charge on any atom is 0.387 e. The Bertz CT molecular complexity index is 1240. The van der Waals surface area contributed by atoms with E-state index in [9.17, 15) is 13.6 Å². The molecule has 10 heteroatoms. The van der Waals surface area contributed by atoms with Crippen LogP contribution in [0.2, 0.25) is 0 Å². The zero-order chi connectivity index (χ0) is 21.3. The van der Waals surface area contributed by atoms with Crippen molar-refractivity contribution in [3.63, 3.8) is 0 Å². The lowest BCUT2D eigenvalue weighted by atomic mass is 10.1. The zero-order valence-corrected chi connectivity index (χ0v) is 17.4. The summed E-state index contributed by atoms with van der Waals surface area (Å²) < 4.78 is 40.2. The van der Waals surface area contributed by atoms with Gasteiger partial charge in [-0.1, -0.05) is 22.0 Å². The Morgan fingerprint density at radius 2 is 2.03 bits per heavy atom. The summed E-state index contributed by atoms with van der Waals surface area (Å²) in [5.74, 6) is 0.535. The summed E-state index contributed by atoms with van der Waals surface area (Å²) in [7, 11) is 1.63. The summed E-state index contributed by atoms with van der Waals surface area (Å²) >= 11 is 3.41. The molecule has 4 aromatic rings. The lowest BCUT2D eigenvalue weighted by Gasteiger charge is -2.15. The second kappa shape index (κ2) is 8.31. The first-order valence-corrected chi connectivity index (χ1v) is 9.75. The summed E-state index contributed by atoms with van der Waals surface area (Å²) in [5, 5.41) is 7.04. The molecule has 2 aromatic carbocycles. The molecule has 0 radical (unpaired) electrons. The van der Waals surface area contributed by atoms with Gasteiger partial charge in [-0.25, -0.2) is 5.10 Å². The van der Waals surface area contributed by atoms with Crippen LogP contribution in [-0.4, -0.2) is 26.2 Å². The molecule has 7 nitrogen and oxygen atoms in total. The first kappa shape index (κ1) is 20.1. The monoisotopic (exact) mass is 478 g/mol. The van der Waals surface area contributed by atoms with Gasteiger partial charge in [0, 0.05) is 23.2 Å². The minimum absolute atomic E-state index is 0.0413. The molecule has 0 unspecified atom stereocenters. The molecular weight excluding hydrogens is 462 g/mol. The van der Waals surface area contributed by atoms with E-state index >= 15 is 0 Å². The molecule has 0 aliphatic rings. The molecule has 0 saturated carbocycles. The van der Waals surface area contributed by atoms with Crippen LogP contribution in [-0.2, 0) is 20.2 Å². The maximum atomic E-state index is 12.9. The van der Waals surface area contributed by atoms with Crippen molar-refractivity contribution in [2.45, 2.75) is 19.8 Å². The first-order chi connectivity index (χ1) is 14.4. The third kappa shape index (κ3) is 4.09. The topological polar surface area (TPSA) is 74.1 Å². The average Bonchev–Trinajstić information content (AvgIpc) is 3.31. The Balaban J connectivity index is 1.72.